The first-order valence-electron chi connectivity index (χ1n) is 5.89. The van der Waals surface area contributed by atoms with Crippen LogP contribution in [0.2, 0.25) is 0 Å². The van der Waals surface area contributed by atoms with Gasteiger partial charge in [-0.05, 0) is 118 Å². The molecular formula is C12H6Br2F5I3O2. The van der Waals surface area contributed by atoms with Gasteiger partial charge < -0.3 is 4.74 Å². The van der Waals surface area contributed by atoms with E-state index in [2.05, 4.69) is 4.74 Å². The van der Waals surface area contributed by atoms with Gasteiger partial charge in [-0.25, -0.2) is 9.18 Å². The van der Waals surface area contributed by atoms with E-state index in [0.29, 0.717) is 13.6 Å². The molecule has 0 radical (unpaired) electrons. The van der Waals surface area contributed by atoms with E-state index in [-0.39, 0.29) is 5.75 Å². The zero-order chi connectivity index (χ0) is 19.1. The molecule has 0 heterocycles. The first kappa shape index (κ1) is 23.5. The number of alkyl halides is 7. The monoisotopic (exact) mass is 816 g/mol. The molecule has 0 aliphatic carbocycles. The minimum atomic E-state index is -5.15. The molecule has 0 N–H and O–H groups in total. The largest absolute Gasteiger partial charge is 0.420 e. The lowest BCUT2D eigenvalue weighted by molar-refractivity contribution is -0.192. The Hall–Kier alpha value is 1.49. The number of carbonyl (C=O) groups is 1. The van der Waals surface area contributed by atoms with E-state index in [0.717, 1.165) is 9.13 Å². The van der Waals surface area contributed by atoms with Crippen molar-refractivity contribution in [3.8, 4) is 5.75 Å². The molecule has 0 saturated heterocycles. The topological polar surface area (TPSA) is 26.3 Å². The van der Waals surface area contributed by atoms with Gasteiger partial charge >= 0.3 is 21.3 Å². The van der Waals surface area contributed by atoms with Crippen LogP contribution in [-0.2, 0) is 11.2 Å². The molecule has 0 aliphatic rings. The van der Waals surface area contributed by atoms with Crippen LogP contribution in [0.25, 0.3) is 0 Å². The lowest BCUT2D eigenvalue weighted by Crippen LogP contribution is -2.55. The van der Waals surface area contributed by atoms with Crippen LogP contribution in [0.3, 0.4) is 0 Å². The highest BCUT2D eigenvalue weighted by atomic mass is 127. The van der Waals surface area contributed by atoms with Gasteiger partial charge in [0.15, 0.2) is 5.75 Å². The van der Waals surface area contributed by atoms with Crippen LogP contribution in [0.15, 0.2) is 6.07 Å². The molecule has 1 aromatic rings. The van der Waals surface area contributed by atoms with E-state index in [4.69, 9.17) is 0 Å². The van der Waals surface area contributed by atoms with Gasteiger partial charge in [-0.1, -0.05) is 6.92 Å². The molecule has 0 aliphatic heterocycles. The molecule has 0 aromatic heterocycles. The highest BCUT2D eigenvalue weighted by Crippen LogP contribution is 2.52. The predicted octanol–water partition coefficient (Wildman–Crippen LogP) is 6.65. The molecule has 12 heteroatoms. The van der Waals surface area contributed by atoms with Crippen LogP contribution in [0, 0.1) is 10.7 Å². The van der Waals surface area contributed by atoms with Gasteiger partial charge in [0.1, 0.15) is 0 Å². The van der Waals surface area contributed by atoms with Gasteiger partial charge in [-0.2, -0.15) is 17.6 Å². The summed E-state index contributed by atoms with van der Waals surface area (Å²) in [5, 5.41) is 0. The Kier molecular flexibility index (Phi) is 8.08. The van der Waals surface area contributed by atoms with Crippen molar-refractivity contribution >= 4 is 106 Å². The lowest BCUT2D eigenvalue weighted by atomic mass is 10.1. The normalized spacial score (nSPS) is 15.1. The molecule has 2 nitrogen and oxygen atoms in total. The number of rotatable bonds is 5. The maximum atomic E-state index is 13.9. The Labute approximate surface area is 191 Å². The van der Waals surface area contributed by atoms with Crippen molar-refractivity contribution in [3.05, 3.63) is 22.3 Å². The lowest BCUT2D eigenvalue weighted by Gasteiger charge is -2.30. The number of benzene rings is 1. The highest BCUT2D eigenvalue weighted by Gasteiger charge is 2.72. The third-order valence-electron chi connectivity index (χ3n) is 2.78. The second-order valence-corrected chi connectivity index (χ2v) is 9.84. The van der Waals surface area contributed by atoms with Crippen LogP contribution in [0.4, 0.5) is 22.0 Å². The summed E-state index contributed by atoms with van der Waals surface area (Å²) >= 11 is 8.67. The smallest absolute Gasteiger partial charge is 0.393 e. The van der Waals surface area contributed by atoms with Gasteiger partial charge in [0.25, 0.3) is 0 Å². The molecular weight excluding hydrogens is 812 g/mol. The maximum absolute atomic E-state index is 13.9. The van der Waals surface area contributed by atoms with Crippen molar-refractivity contribution in [3.63, 3.8) is 0 Å². The van der Waals surface area contributed by atoms with Crippen LogP contribution >= 0.6 is 99.6 Å². The van der Waals surface area contributed by atoms with E-state index in [1.54, 1.807) is 67.2 Å². The van der Waals surface area contributed by atoms with Gasteiger partial charge in [0.05, 0.1) is 7.14 Å². The quantitative estimate of drug-likeness (QED) is 0.110. The summed E-state index contributed by atoms with van der Waals surface area (Å²) in [5.74, 6) is -7.80. The van der Waals surface area contributed by atoms with E-state index in [9.17, 15) is 26.7 Å². The zero-order valence-electron chi connectivity index (χ0n) is 11.4. The second kappa shape index (κ2) is 8.24. The number of ether oxygens (including phenoxy) is 1. The van der Waals surface area contributed by atoms with E-state index >= 15 is 0 Å². The Bertz CT molecular complexity index is 665. The van der Waals surface area contributed by atoms with Gasteiger partial charge in [0.2, 0.25) is 0 Å². The van der Waals surface area contributed by atoms with Crippen LogP contribution in [0.5, 0.6) is 5.75 Å². The zero-order valence-corrected chi connectivity index (χ0v) is 21.0. The molecule has 1 atom stereocenters. The summed E-state index contributed by atoms with van der Waals surface area (Å²) in [6.07, 6.45) is 0.527. The fourth-order valence-corrected chi connectivity index (χ4v) is 6.26. The summed E-state index contributed by atoms with van der Waals surface area (Å²) in [4.78, 5) is 7.01. The fraction of sp³-hybridized carbons (Fsp3) is 0.417. The molecule has 0 bridgehead atoms. The van der Waals surface area contributed by atoms with Crippen molar-refractivity contribution in [2.45, 2.75) is 28.7 Å². The van der Waals surface area contributed by atoms with Gasteiger partial charge in [0, 0.05) is 3.57 Å². The van der Waals surface area contributed by atoms with Crippen molar-refractivity contribution in [2.75, 3.05) is 0 Å². The first-order chi connectivity index (χ1) is 10.7. The summed E-state index contributed by atoms with van der Waals surface area (Å²) in [6.45, 7) is 1.81. The average molecular weight is 818 g/mol. The second-order valence-electron chi connectivity index (χ2n) is 4.35. The van der Waals surface area contributed by atoms with Crippen molar-refractivity contribution in [2.24, 2.45) is 0 Å². The summed E-state index contributed by atoms with van der Waals surface area (Å²) in [6, 6.07) is 1.58. The molecule has 1 aromatic carbocycles. The van der Waals surface area contributed by atoms with E-state index < -0.39 is 21.3 Å². The SMILES string of the molecule is CCc1c(I)cc(I)c(OC(=O)C(F)(F)C(F)(Br)C(F)(F)Br)c1I. The number of halogens is 10. The van der Waals surface area contributed by atoms with Gasteiger partial charge in [-0.3, -0.25) is 0 Å². The minimum Gasteiger partial charge on any atom is -0.420 e. The fourth-order valence-electron chi connectivity index (χ4n) is 1.49. The minimum absolute atomic E-state index is 0.223. The molecule has 0 saturated carbocycles. The molecule has 136 valence electrons. The number of hydrogen-bond donors (Lipinski definition) is 0. The number of carbonyl (C=O) groups excluding carboxylic acids is 1. The first-order valence-corrected chi connectivity index (χ1v) is 10.7. The third-order valence-corrected chi connectivity index (χ3v) is 7.76. The van der Waals surface area contributed by atoms with Crippen LogP contribution in [-0.4, -0.2) is 21.3 Å². The van der Waals surface area contributed by atoms with Crippen LogP contribution < -0.4 is 4.74 Å². The van der Waals surface area contributed by atoms with Crippen molar-refractivity contribution in [1.29, 1.82) is 0 Å². The summed E-state index contributed by atoms with van der Waals surface area (Å²) in [7, 11) is 0. The van der Waals surface area contributed by atoms with E-state index in [1.165, 1.54) is 15.9 Å². The highest BCUT2D eigenvalue weighted by molar-refractivity contribution is 14.1. The Morgan fingerprint density at radius 3 is 2.04 bits per heavy atom. The number of esters is 1. The Morgan fingerprint density at radius 2 is 1.62 bits per heavy atom. The number of hydrogen-bond acceptors (Lipinski definition) is 2. The molecule has 0 amide bonds. The maximum Gasteiger partial charge on any atom is 0.393 e. The van der Waals surface area contributed by atoms with Crippen molar-refractivity contribution in [1.82, 2.24) is 0 Å². The molecule has 24 heavy (non-hydrogen) atoms. The third kappa shape index (κ3) is 4.48. The standard InChI is InChI=1S/C12H6Br2F5I3O2/c1-2-4-5(20)3-6(21)8(7(4)22)24-9(23)10(15,16)11(13,17)12(14,18)19/h3H,2H2,1H3. The Balaban J connectivity index is 3.30. The molecule has 1 rings (SSSR count). The van der Waals surface area contributed by atoms with E-state index in [1.807, 2.05) is 29.5 Å². The van der Waals surface area contributed by atoms with Crippen LogP contribution in [0.1, 0.15) is 12.5 Å². The predicted molar refractivity (Wildman–Crippen MR) is 111 cm³/mol. The molecule has 0 fully saturated rings. The van der Waals surface area contributed by atoms with Crippen molar-refractivity contribution < 1.29 is 31.5 Å². The summed E-state index contributed by atoms with van der Waals surface area (Å²) in [5.41, 5.74) is 0.735. The Morgan fingerprint density at radius 1 is 1.12 bits per heavy atom. The molecule has 1 unspecified atom stereocenters. The van der Waals surface area contributed by atoms with Gasteiger partial charge in [-0.15, -0.1) is 0 Å². The molecule has 0 spiro atoms. The summed E-state index contributed by atoms with van der Waals surface area (Å²) < 4.78 is 69.1. The average Bonchev–Trinajstić information content (AvgIpc) is 2.41.